The standard InChI is InChI=1S/C17H15Cl2NO3/c1-10-13(18)8-5-9-15(10)20-16(21)11(2)23-17(22)12-6-3-4-7-14(12)19/h3-9,11H,1-2H3,(H,20,21). The van der Waals surface area contributed by atoms with E-state index in [0.29, 0.717) is 10.7 Å². The van der Waals surface area contributed by atoms with E-state index in [4.69, 9.17) is 27.9 Å². The number of hydrogen-bond donors (Lipinski definition) is 1. The maximum Gasteiger partial charge on any atom is 0.340 e. The molecule has 1 amide bonds. The number of benzene rings is 2. The van der Waals surface area contributed by atoms with Crippen molar-refractivity contribution in [1.82, 2.24) is 0 Å². The Morgan fingerprint density at radius 3 is 2.39 bits per heavy atom. The largest absolute Gasteiger partial charge is 0.449 e. The number of ether oxygens (including phenoxy) is 1. The van der Waals surface area contributed by atoms with Gasteiger partial charge in [-0.3, -0.25) is 4.79 Å². The van der Waals surface area contributed by atoms with Crippen LogP contribution in [0.5, 0.6) is 0 Å². The summed E-state index contributed by atoms with van der Waals surface area (Å²) in [6.07, 6.45) is -0.975. The summed E-state index contributed by atoms with van der Waals surface area (Å²) < 4.78 is 5.15. The molecule has 23 heavy (non-hydrogen) atoms. The third-order valence-electron chi connectivity index (χ3n) is 3.27. The van der Waals surface area contributed by atoms with Gasteiger partial charge in [-0.25, -0.2) is 4.79 Å². The molecule has 0 saturated heterocycles. The molecule has 0 aliphatic heterocycles. The van der Waals surface area contributed by atoms with Crippen molar-refractivity contribution in [2.75, 3.05) is 5.32 Å². The highest BCUT2D eigenvalue weighted by molar-refractivity contribution is 6.33. The van der Waals surface area contributed by atoms with E-state index in [0.717, 1.165) is 5.56 Å². The van der Waals surface area contributed by atoms with Gasteiger partial charge in [0.05, 0.1) is 10.6 Å². The van der Waals surface area contributed by atoms with Gasteiger partial charge in [0.2, 0.25) is 0 Å². The first-order chi connectivity index (χ1) is 10.9. The topological polar surface area (TPSA) is 55.4 Å². The van der Waals surface area contributed by atoms with Gasteiger partial charge in [-0.1, -0.05) is 41.4 Å². The van der Waals surface area contributed by atoms with E-state index < -0.39 is 18.0 Å². The Bertz CT molecular complexity index is 746. The van der Waals surface area contributed by atoms with Crippen LogP contribution >= 0.6 is 23.2 Å². The van der Waals surface area contributed by atoms with Crippen molar-refractivity contribution in [1.29, 1.82) is 0 Å². The molecule has 0 saturated carbocycles. The van der Waals surface area contributed by atoms with Crippen molar-refractivity contribution >= 4 is 40.8 Å². The van der Waals surface area contributed by atoms with Gasteiger partial charge in [0, 0.05) is 10.7 Å². The van der Waals surface area contributed by atoms with Crippen molar-refractivity contribution in [3.05, 3.63) is 63.6 Å². The van der Waals surface area contributed by atoms with Gasteiger partial charge in [-0.2, -0.15) is 0 Å². The summed E-state index contributed by atoms with van der Waals surface area (Å²) in [7, 11) is 0. The fourth-order valence-electron chi connectivity index (χ4n) is 1.88. The SMILES string of the molecule is Cc1c(Cl)cccc1NC(=O)C(C)OC(=O)c1ccccc1Cl. The second-order valence-corrected chi connectivity index (χ2v) is 5.74. The number of rotatable bonds is 4. The van der Waals surface area contributed by atoms with Gasteiger partial charge in [0.15, 0.2) is 6.10 Å². The Morgan fingerprint density at radius 2 is 1.70 bits per heavy atom. The summed E-state index contributed by atoms with van der Waals surface area (Å²) in [5.74, 6) is -1.10. The summed E-state index contributed by atoms with van der Waals surface area (Å²) in [5, 5.41) is 3.51. The highest BCUT2D eigenvalue weighted by atomic mass is 35.5. The number of anilines is 1. The van der Waals surface area contributed by atoms with Crippen molar-refractivity contribution in [3.63, 3.8) is 0 Å². The highest BCUT2D eigenvalue weighted by Crippen LogP contribution is 2.23. The summed E-state index contributed by atoms with van der Waals surface area (Å²) in [4.78, 5) is 24.2. The fourth-order valence-corrected chi connectivity index (χ4v) is 2.27. The number of amides is 1. The van der Waals surface area contributed by atoms with Gasteiger partial charge >= 0.3 is 5.97 Å². The van der Waals surface area contributed by atoms with Crippen LogP contribution in [-0.2, 0) is 9.53 Å². The maximum absolute atomic E-state index is 12.2. The van der Waals surface area contributed by atoms with Crippen LogP contribution in [-0.4, -0.2) is 18.0 Å². The first-order valence-corrected chi connectivity index (χ1v) is 7.67. The normalized spacial score (nSPS) is 11.7. The van der Waals surface area contributed by atoms with Gasteiger partial charge in [0.25, 0.3) is 5.91 Å². The minimum Gasteiger partial charge on any atom is -0.449 e. The number of halogens is 2. The van der Waals surface area contributed by atoms with E-state index in [1.54, 1.807) is 43.3 Å². The molecule has 0 aliphatic carbocycles. The second kappa shape index (κ2) is 7.49. The zero-order valence-electron chi connectivity index (χ0n) is 12.6. The van der Waals surface area contributed by atoms with E-state index >= 15 is 0 Å². The van der Waals surface area contributed by atoms with Crippen LogP contribution < -0.4 is 5.32 Å². The molecule has 0 bridgehead atoms. The van der Waals surface area contributed by atoms with Crippen LogP contribution in [0.2, 0.25) is 10.0 Å². The number of nitrogens with one attached hydrogen (secondary N) is 1. The molecule has 0 spiro atoms. The third kappa shape index (κ3) is 4.24. The first kappa shape index (κ1) is 17.3. The molecule has 0 fully saturated rings. The van der Waals surface area contributed by atoms with E-state index in [2.05, 4.69) is 5.32 Å². The molecule has 2 aromatic carbocycles. The number of hydrogen-bond acceptors (Lipinski definition) is 3. The molecule has 0 heterocycles. The van der Waals surface area contributed by atoms with Gasteiger partial charge in [-0.05, 0) is 43.7 Å². The van der Waals surface area contributed by atoms with Crippen molar-refractivity contribution in [2.24, 2.45) is 0 Å². The lowest BCUT2D eigenvalue weighted by molar-refractivity contribution is -0.123. The molecule has 4 nitrogen and oxygen atoms in total. The monoisotopic (exact) mass is 351 g/mol. The molecular weight excluding hydrogens is 337 g/mol. The van der Waals surface area contributed by atoms with Gasteiger partial charge < -0.3 is 10.1 Å². The number of carbonyl (C=O) groups is 2. The Hall–Kier alpha value is -2.04. The Kier molecular flexibility index (Phi) is 5.64. The number of carbonyl (C=O) groups excluding carboxylic acids is 2. The molecule has 0 aliphatic rings. The molecule has 1 unspecified atom stereocenters. The third-order valence-corrected chi connectivity index (χ3v) is 4.01. The van der Waals surface area contributed by atoms with Crippen LogP contribution in [0, 0.1) is 6.92 Å². The van der Waals surface area contributed by atoms with Crippen LogP contribution in [0.4, 0.5) is 5.69 Å². The predicted octanol–water partition coefficient (Wildman–Crippen LogP) is 4.49. The summed E-state index contributed by atoms with van der Waals surface area (Å²) in [6.45, 7) is 3.28. The van der Waals surface area contributed by atoms with Gasteiger partial charge in [0.1, 0.15) is 0 Å². The van der Waals surface area contributed by atoms with Crippen LogP contribution in [0.1, 0.15) is 22.8 Å². The lowest BCUT2D eigenvalue weighted by Gasteiger charge is -2.15. The van der Waals surface area contributed by atoms with Crippen molar-refractivity contribution < 1.29 is 14.3 Å². The smallest absolute Gasteiger partial charge is 0.340 e. The molecule has 2 rings (SSSR count). The molecule has 1 N–H and O–H groups in total. The molecule has 2 aromatic rings. The molecular formula is C17H15Cl2NO3. The van der Waals surface area contributed by atoms with Crippen molar-refractivity contribution in [3.8, 4) is 0 Å². The summed E-state index contributed by atoms with van der Waals surface area (Å²) >= 11 is 11.9. The summed E-state index contributed by atoms with van der Waals surface area (Å²) in [6, 6.07) is 11.7. The molecule has 120 valence electrons. The molecule has 1 atom stereocenters. The fraction of sp³-hybridized carbons (Fsp3) is 0.176. The molecule has 0 aromatic heterocycles. The minimum atomic E-state index is -0.975. The van der Waals surface area contributed by atoms with E-state index in [1.165, 1.54) is 13.0 Å². The van der Waals surface area contributed by atoms with Crippen LogP contribution in [0.15, 0.2) is 42.5 Å². The highest BCUT2D eigenvalue weighted by Gasteiger charge is 2.21. The maximum atomic E-state index is 12.2. The predicted molar refractivity (Wildman–Crippen MR) is 91.1 cm³/mol. The Labute approximate surface area is 144 Å². The van der Waals surface area contributed by atoms with Crippen LogP contribution in [0.3, 0.4) is 0 Å². The van der Waals surface area contributed by atoms with E-state index in [-0.39, 0.29) is 10.6 Å². The van der Waals surface area contributed by atoms with Crippen molar-refractivity contribution in [2.45, 2.75) is 20.0 Å². The zero-order chi connectivity index (χ0) is 17.0. The first-order valence-electron chi connectivity index (χ1n) is 6.91. The van der Waals surface area contributed by atoms with E-state index in [1.807, 2.05) is 0 Å². The lowest BCUT2D eigenvalue weighted by Crippen LogP contribution is -2.30. The molecule has 6 heteroatoms. The van der Waals surface area contributed by atoms with Gasteiger partial charge in [-0.15, -0.1) is 0 Å². The quantitative estimate of drug-likeness (QED) is 0.825. The van der Waals surface area contributed by atoms with Crippen LogP contribution in [0.25, 0.3) is 0 Å². The Morgan fingerprint density at radius 1 is 1.04 bits per heavy atom. The lowest BCUT2D eigenvalue weighted by atomic mass is 10.2. The average Bonchev–Trinajstić information content (AvgIpc) is 2.52. The summed E-state index contributed by atoms with van der Waals surface area (Å²) in [5.41, 5.74) is 1.53. The van der Waals surface area contributed by atoms with E-state index in [9.17, 15) is 9.59 Å². The number of esters is 1. The molecule has 0 radical (unpaired) electrons. The average molecular weight is 352 g/mol. The zero-order valence-corrected chi connectivity index (χ0v) is 14.1. The minimum absolute atomic E-state index is 0.216. The Balaban J connectivity index is 2.04. The second-order valence-electron chi connectivity index (χ2n) is 4.93.